The summed E-state index contributed by atoms with van der Waals surface area (Å²) >= 11 is 0. The number of piperazine rings is 1. The van der Waals surface area contributed by atoms with Crippen LogP contribution in [0, 0.1) is 5.92 Å². The Kier molecular flexibility index (Phi) is 5.05. The summed E-state index contributed by atoms with van der Waals surface area (Å²) < 4.78 is 0. The molecule has 5 heteroatoms. The molecule has 2 amide bonds. The Morgan fingerprint density at radius 1 is 1.16 bits per heavy atom. The molecule has 0 saturated carbocycles. The highest BCUT2D eigenvalue weighted by Crippen LogP contribution is 2.15. The largest absolute Gasteiger partial charge is 0.336 e. The van der Waals surface area contributed by atoms with Gasteiger partial charge in [-0.15, -0.1) is 0 Å². The van der Waals surface area contributed by atoms with Gasteiger partial charge in [0.15, 0.2) is 0 Å². The average Bonchev–Trinajstić information content (AvgIpc) is 2.40. The number of nitrogens with zero attached hydrogens (tertiary/aromatic N) is 3. The third-order valence-corrected chi connectivity index (χ3v) is 4.54. The molecule has 0 aromatic heterocycles. The van der Waals surface area contributed by atoms with E-state index >= 15 is 0 Å². The molecule has 0 aromatic carbocycles. The third-order valence-electron chi connectivity index (χ3n) is 4.54. The van der Waals surface area contributed by atoms with E-state index in [9.17, 15) is 4.79 Å². The highest BCUT2D eigenvalue weighted by atomic mass is 16.2. The maximum absolute atomic E-state index is 12.1. The summed E-state index contributed by atoms with van der Waals surface area (Å²) in [6, 6.07) is 0.556. The smallest absolute Gasteiger partial charge is 0.317 e. The van der Waals surface area contributed by atoms with Gasteiger partial charge in [-0.25, -0.2) is 4.79 Å². The van der Waals surface area contributed by atoms with Gasteiger partial charge in [0.05, 0.1) is 0 Å². The van der Waals surface area contributed by atoms with E-state index in [0.717, 1.165) is 58.0 Å². The maximum atomic E-state index is 12.1. The summed E-state index contributed by atoms with van der Waals surface area (Å²) in [6.07, 6.45) is 2.28. The quantitative estimate of drug-likeness (QED) is 0.800. The van der Waals surface area contributed by atoms with Crippen LogP contribution >= 0.6 is 0 Å². The van der Waals surface area contributed by atoms with E-state index in [2.05, 4.69) is 36.1 Å². The highest BCUT2D eigenvalue weighted by molar-refractivity contribution is 5.74. The number of likely N-dealkylation sites (N-methyl/N-ethyl adjacent to an activating group) is 2. The van der Waals surface area contributed by atoms with Gasteiger partial charge in [-0.3, -0.25) is 4.90 Å². The van der Waals surface area contributed by atoms with Crippen LogP contribution < -0.4 is 5.32 Å². The fourth-order valence-electron chi connectivity index (χ4n) is 2.85. The van der Waals surface area contributed by atoms with Crippen LogP contribution in [0.1, 0.15) is 19.8 Å². The van der Waals surface area contributed by atoms with E-state index in [0.29, 0.717) is 6.04 Å². The molecule has 0 radical (unpaired) electrons. The first-order chi connectivity index (χ1) is 9.06. The van der Waals surface area contributed by atoms with Crippen molar-refractivity contribution in [2.24, 2.45) is 5.92 Å². The Bertz CT molecular complexity index is 302. The first kappa shape index (κ1) is 14.6. The highest BCUT2D eigenvalue weighted by Gasteiger charge is 2.24. The average molecular weight is 268 g/mol. The molecule has 0 aromatic rings. The first-order valence-electron chi connectivity index (χ1n) is 7.48. The third kappa shape index (κ3) is 4.08. The minimum absolute atomic E-state index is 0.119. The second-order valence-electron chi connectivity index (χ2n) is 6.25. The van der Waals surface area contributed by atoms with Crippen molar-refractivity contribution in [3.05, 3.63) is 0 Å². The summed E-state index contributed by atoms with van der Waals surface area (Å²) in [5.74, 6) is 0.766. The summed E-state index contributed by atoms with van der Waals surface area (Å²) in [5, 5.41) is 3.11. The number of hydrogen-bond donors (Lipinski definition) is 1. The van der Waals surface area contributed by atoms with E-state index < -0.39 is 0 Å². The molecule has 2 fully saturated rings. The molecule has 1 unspecified atom stereocenters. The minimum atomic E-state index is 0.119. The molecule has 0 aliphatic carbocycles. The number of piperidine rings is 1. The second-order valence-corrected chi connectivity index (χ2v) is 6.25. The number of amides is 2. The topological polar surface area (TPSA) is 38.8 Å². The molecule has 0 spiro atoms. The number of nitrogens with one attached hydrogen (secondary N) is 1. The summed E-state index contributed by atoms with van der Waals surface area (Å²) in [7, 11) is 4.29. The number of urea groups is 1. The van der Waals surface area contributed by atoms with Crippen molar-refractivity contribution >= 4 is 6.03 Å². The SMILES string of the molecule is CC1CCN(C(=O)NCC2CN(C)CCN2C)CC1. The molecule has 110 valence electrons. The van der Waals surface area contributed by atoms with Crippen LogP contribution in [0.15, 0.2) is 0 Å². The van der Waals surface area contributed by atoms with Gasteiger partial charge in [-0.1, -0.05) is 6.92 Å². The molecule has 19 heavy (non-hydrogen) atoms. The maximum Gasteiger partial charge on any atom is 0.317 e. The lowest BCUT2D eigenvalue weighted by molar-refractivity contribution is 0.111. The van der Waals surface area contributed by atoms with Gasteiger partial charge in [0, 0.05) is 45.3 Å². The van der Waals surface area contributed by atoms with Crippen molar-refractivity contribution in [1.29, 1.82) is 0 Å². The molecule has 1 N–H and O–H groups in total. The summed E-state index contributed by atoms with van der Waals surface area (Å²) in [4.78, 5) is 18.8. The van der Waals surface area contributed by atoms with Gasteiger partial charge >= 0.3 is 6.03 Å². The molecule has 1 atom stereocenters. The number of carbonyl (C=O) groups excluding carboxylic acids is 1. The van der Waals surface area contributed by atoms with E-state index in [-0.39, 0.29) is 6.03 Å². The van der Waals surface area contributed by atoms with Crippen molar-refractivity contribution in [3.63, 3.8) is 0 Å². The minimum Gasteiger partial charge on any atom is -0.336 e. The van der Waals surface area contributed by atoms with Crippen molar-refractivity contribution < 1.29 is 4.79 Å². The number of rotatable bonds is 2. The van der Waals surface area contributed by atoms with Gasteiger partial charge < -0.3 is 15.1 Å². The van der Waals surface area contributed by atoms with Gasteiger partial charge in [0.2, 0.25) is 0 Å². The van der Waals surface area contributed by atoms with Crippen molar-refractivity contribution in [1.82, 2.24) is 20.0 Å². The van der Waals surface area contributed by atoms with E-state index in [4.69, 9.17) is 0 Å². The zero-order chi connectivity index (χ0) is 13.8. The van der Waals surface area contributed by atoms with Gasteiger partial charge in [0.25, 0.3) is 0 Å². The van der Waals surface area contributed by atoms with E-state index in [1.165, 1.54) is 0 Å². The van der Waals surface area contributed by atoms with Crippen molar-refractivity contribution in [2.45, 2.75) is 25.8 Å². The van der Waals surface area contributed by atoms with E-state index in [1.54, 1.807) is 0 Å². The lowest BCUT2D eigenvalue weighted by Gasteiger charge is -2.38. The molecular formula is C14H28N4O. The zero-order valence-corrected chi connectivity index (χ0v) is 12.6. The van der Waals surface area contributed by atoms with Gasteiger partial charge in [-0.05, 0) is 32.9 Å². The fraction of sp³-hybridized carbons (Fsp3) is 0.929. The van der Waals surface area contributed by atoms with E-state index in [1.807, 2.05) is 4.90 Å². The fourth-order valence-corrected chi connectivity index (χ4v) is 2.85. The normalized spacial score (nSPS) is 27.5. The van der Waals surface area contributed by atoms with Crippen LogP contribution in [-0.2, 0) is 0 Å². The van der Waals surface area contributed by atoms with Crippen LogP contribution in [0.25, 0.3) is 0 Å². The molecular weight excluding hydrogens is 240 g/mol. The first-order valence-corrected chi connectivity index (χ1v) is 7.48. The molecule has 2 aliphatic heterocycles. The van der Waals surface area contributed by atoms with Crippen LogP contribution in [-0.4, -0.2) is 80.1 Å². The van der Waals surface area contributed by atoms with Crippen LogP contribution in [0.5, 0.6) is 0 Å². The molecule has 0 bridgehead atoms. The lowest BCUT2D eigenvalue weighted by Crippen LogP contribution is -2.55. The van der Waals surface area contributed by atoms with Crippen LogP contribution in [0.2, 0.25) is 0 Å². The Balaban J connectivity index is 1.73. The second kappa shape index (κ2) is 6.57. The Morgan fingerprint density at radius 2 is 1.84 bits per heavy atom. The number of hydrogen-bond acceptors (Lipinski definition) is 3. The standard InChI is InChI=1S/C14H28N4O/c1-12-4-6-18(7-5-12)14(19)15-10-13-11-16(2)8-9-17(13)3/h12-13H,4-11H2,1-3H3,(H,15,19). The monoisotopic (exact) mass is 268 g/mol. The predicted octanol–water partition coefficient (Wildman–Crippen LogP) is 0.674. The zero-order valence-electron chi connectivity index (χ0n) is 12.6. The predicted molar refractivity (Wildman–Crippen MR) is 77.3 cm³/mol. The van der Waals surface area contributed by atoms with Crippen molar-refractivity contribution in [3.8, 4) is 0 Å². The van der Waals surface area contributed by atoms with Crippen LogP contribution in [0.3, 0.4) is 0 Å². The molecule has 2 rings (SSSR count). The molecule has 5 nitrogen and oxygen atoms in total. The molecule has 2 aliphatic rings. The van der Waals surface area contributed by atoms with Crippen LogP contribution in [0.4, 0.5) is 4.79 Å². The lowest BCUT2D eigenvalue weighted by atomic mass is 10.00. The Labute approximate surface area is 116 Å². The molecule has 2 saturated heterocycles. The Morgan fingerprint density at radius 3 is 2.53 bits per heavy atom. The summed E-state index contributed by atoms with van der Waals surface area (Å²) in [5.41, 5.74) is 0. The van der Waals surface area contributed by atoms with Gasteiger partial charge in [-0.2, -0.15) is 0 Å². The van der Waals surface area contributed by atoms with Crippen molar-refractivity contribution in [2.75, 3.05) is 53.4 Å². The summed E-state index contributed by atoms with van der Waals surface area (Å²) in [6.45, 7) is 8.08. The Hall–Kier alpha value is -0.810. The van der Waals surface area contributed by atoms with Gasteiger partial charge in [0.1, 0.15) is 0 Å². The number of likely N-dealkylation sites (tertiary alicyclic amines) is 1. The number of carbonyl (C=O) groups is 1. The molecule has 2 heterocycles.